The highest BCUT2D eigenvalue weighted by Crippen LogP contribution is 2.51. The molecule has 67 heavy (non-hydrogen) atoms. The minimum absolute atomic E-state index is 0.128. The fourth-order valence-electron chi connectivity index (χ4n) is 10.7. The minimum atomic E-state index is -0.128. The van der Waals surface area contributed by atoms with Crippen molar-refractivity contribution in [3.63, 3.8) is 0 Å². The van der Waals surface area contributed by atoms with E-state index in [0.717, 1.165) is 34.8 Å². The summed E-state index contributed by atoms with van der Waals surface area (Å²) in [5.41, 5.74) is 23.6. The predicted octanol–water partition coefficient (Wildman–Crippen LogP) is 18.0. The Hall–Kier alpha value is -8.00. The number of aryl methyl sites for hydroxylation is 1. The van der Waals surface area contributed by atoms with Crippen molar-refractivity contribution in [2.75, 3.05) is 0 Å². The molecule has 1 aliphatic rings. The van der Waals surface area contributed by atoms with Crippen LogP contribution in [0.3, 0.4) is 0 Å². The van der Waals surface area contributed by atoms with Crippen molar-refractivity contribution < 1.29 is 4.42 Å². The third-order valence-electron chi connectivity index (χ3n) is 14.4. The van der Waals surface area contributed by atoms with E-state index in [-0.39, 0.29) is 11.3 Å². The van der Waals surface area contributed by atoms with Gasteiger partial charge >= 0.3 is 0 Å². The molecule has 0 radical (unpaired) electrons. The largest absolute Gasteiger partial charge is 0.456 e. The van der Waals surface area contributed by atoms with Gasteiger partial charge in [0.1, 0.15) is 11.2 Å². The van der Waals surface area contributed by atoms with Crippen LogP contribution in [0.5, 0.6) is 0 Å². The number of hydrogen-bond acceptors (Lipinski definition) is 1. The fourth-order valence-corrected chi connectivity index (χ4v) is 10.7. The van der Waals surface area contributed by atoms with Crippen molar-refractivity contribution in [3.05, 3.63) is 264 Å². The Balaban J connectivity index is 0.836. The van der Waals surface area contributed by atoms with Crippen LogP contribution in [-0.4, -0.2) is 0 Å². The quantitative estimate of drug-likeness (QED) is 0.134. The molecule has 0 aliphatic heterocycles. The predicted molar refractivity (Wildman–Crippen MR) is 282 cm³/mol. The molecule has 11 aromatic rings. The van der Waals surface area contributed by atoms with Crippen molar-refractivity contribution in [1.82, 2.24) is 0 Å². The van der Waals surface area contributed by atoms with Crippen LogP contribution in [0.2, 0.25) is 0 Å². The molecule has 1 heteroatoms. The summed E-state index contributed by atoms with van der Waals surface area (Å²) < 4.78 is 6.09. The second-order valence-corrected chi connectivity index (χ2v) is 18.8. The van der Waals surface area contributed by atoms with Crippen LogP contribution in [0, 0.1) is 0 Å². The lowest BCUT2D eigenvalue weighted by molar-refractivity contribution is 0.654. The van der Waals surface area contributed by atoms with Gasteiger partial charge in [-0.2, -0.15) is 0 Å². The number of benzene rings is 10. The molecule has 10 aromatic carbocycles. The molecule has 1 atom stereocenters. The van der Waals surface area contributed by atoms with E-state index in [1.165, 1.54) is 94.6 Å². The first kappa shape index (κ1) is 40.5. The number of rotatable bonds is 10. The maximum Gasteiger partial charge on any atom is 0.135 e. The average Bonchev–Trinajstić information content (AvgIpc) is 3.88. The molecule has 0 spiro atoms. The van der Waals surface area contributed by atoms with E-state index in [4.69, 9.17) is 4.42 Å². The van der Waals surface area contributed by atoms with Gasteiger partial charge in [0.25, 0.3) is 0 Å². The van der Waals surface area contributed by atoms with Crippen LogP contribution in [0.15, 0.2) is 241 Å². The van der Waals surface area contributed by atoms with Gasteiger partial charge in [-0.25, -0.2) is 0 Å². The molecule has 1 nitrogen and oxygen atoms in total. The van der Waals surface area contributed by atoms with Crippen LogP contribution in [-0.2, 0) is 11.8 Å². The molecular formula is C66H50O. The molecule has 12 rings (SSSR count). The summed E-state index contributed by atoms with van der Waals surface area (Å²) in [6, 6.07) is 87.1. The molecular weight excluding hydrogens is 809 g/mol. The van der Waals surface area contributed by atoms with Gasteiger partial charge in [-0.3, -0.25) is 0 Å². The highest BCUT2D eigenvalue weighted by Gasteiger charge is 2.36. The Bertz CT molecular complexity index is 3560. The number of furan rings is 1. The SMILES string of the molecule is CC1(C)c2cc(-c3ccccc3)ccc2-c2ccc(C(CCc3ccc(-c4ccc(-c5ccc6oc7ccccc7c6c5)cc4)cc3)c3ccc(-c4ccccc4-c4ccccc4)cc3)cc21. The van der Waals surface area contributed by atoms with Gasteiger partial charge in [0.15, 0.2) is 0 Å². The molecule has 0 amide bonds. The van der Waals surface area contributed by atoms with Crippen LogP contribution >= 0.6 is 0 Å². The van der Waals surface area contributed by atoms with Gasteiger partial charge in [0.05, 0.1) is 0 Å². The molecule has 1 unspecified atom stereocenters. The van der Waals surface area contributed by atoms with E-state index in [1.807, 2.05) is 12.1 Å². The van der Waals surface area contributed by atoms with Crippen LogP contribution in [0.4, 0.5) is 0 Å². The monoisotopic (exact) mass is 858 g/mol. The van der Waals surface area contributed by atoms with Gasteiger partial charge in [-0.1, -0.05) is 226 Å². The van der Waals surface area contributed by atoms with Gasteiger partial charge in [-0.15, -0.1) is 0 Å². The van der Waals surface area contributed by atoms with Gasteiger partial charge in [0, 0.05) is 22.1 Å². The van der Waals surface area contributed by atoms with Crippen molar-refractivity contribution in [2.24, 2.45) is 0 Å². The zero-order chi connectivity index (χ0) is 44.9. The van der Waals surface area contributed by atoms with E-state index in [1.54, 1.807) is 0 Å². The zero-order valence-corrected chi connectivity index (χ0v) is 37.9. The number of hydrogen-bond donors (Lipinski definition) is 0. The second-order valence-electron chi connectivity index (χ2n) is 18.8. The summed E-state index contributed by atoms with van der Waals surface area (Å²) in [5, 5.41) is 2.31. The van der Waals surface area contributed by atoms with Gasteiger partial charge in [-0.05, 0) is 132 Å². The topological polar surface area (TPSA) is 13.1 Å². The maximum absolute atomic E-state index is 6.09. The van der Waals surface area contributed by atoms with Crippen molar-refractivity contribution in [2.45, 2.75) is 38.0 Å². The van der Waals surface area contributed by atoms with Gasteiger partial charge < -0.3 is 4.42 Å². The lowest BCUT2D eigenvalue weighted by Crippen LogP contribution is -2.16. The first-order valence-corrected chi connectivity index (χ1v) is 23.7. The molecule has 0 saturated carbocycles. The number of para-hydroxylation sites is 1. The van der Waals surface area contributed by atoms with Crippen molar-refractivity contribution in [3.8, 4) is 66.8 Å². The lowest BCUT2D eigenvalue weighted by atomic mass is 9.79. The third kappa shape index (κ3) is 7.47. The molecule has 0 fully saturated rings. The zero-order valence-electron chi connectivity index (χ0n) is 37.9. The van der Waals surface area contributed by atoms with E-state index in [2.05, 4.69) is 238 Å². The Morgan fingerprint density at radius 1 is 0.343 bits per heavy atom. The molecule has 1 aromatic heterocycles. The highest BCUT2D eigenvalue weighted by atomic mass is 16.3. The van der Waals surface area contributed by atoms with E-state index < -0.39 is 0 Å². The first-order valence-electron chi connectivity index (χ1n) is 23.7. The normalized spacial score (nSPS) is 13.1. The molecule has 0 N–H and O–H groups in total. The Morgan fingerprint density at radius 3 is 1.51 bits per heavy atom. The summed E-state index contributed by atoms with van der Waals surface area (Å²) in [7, 11) is 0. The fraction of sp³-hybridized carbons (Fsp3) is 0.0909. The first-order chi connectivity index (χ1) is 32.9. The highest BCUT2D eigenvalue weighted by molar-refractivity contribution is 6.06. The molecule has 0 bridgehead atoms. The average molecular weight is 859 g/mol. The second kappa shape index (κ2) is 16.8. The summed E-state index contributed by atoms with van der Waals surface area (Å²) in [5.74, 6) is 0.217. The van der Waals surface area contributed by atoms with Crippen LogP contribution < -0.4 is 0 Å². The summed E-state index contributed by atoms with van der Waals surface area (Å²) in [6.45, 7) is 4.81. The molecule has 1 heterocycles. The summed E-state index contributed by atoms with van der Waals surface area (Å²) in [4.78, 5) is 0. The van der Waals surface area contributed by atoms with Crippen molar-refractivity contribution in [1.29, 1.82) is 0 Å². The Kier molecular flexibility index (Phi) is 10.1. The standard InChI is InChI=1S/C66H50O/c1-66(2)62-42-53(45-13-5-3-6-14-45)34-38-58(62)59-39-35-54(43-63(59)66)55(50-30-32-51(33-31-50)57-18-10-9-17-56(57)49-15-7-4-8-16-49)37-23-44-21-24-46(25-22-44)47-26-28-48(29-27-47)52-36-40-65-61(41-52)60-19-11-12-20-64(60)67-65/h3-22,24-36,38-43,55H,23,37H2,1-2H3. The summed E-state index contributed by atoms with van der Waals surface area (Å²) in [6.07, 6.45) is 1.96. The molecule has 320 valence electrons. The lowest BCUT2D eigenvalue weighted by Gasteiger charge is -2.25. The smallest absolute Gasteiger partial charge is 0.135 e. The van der Waals surface area contributed by atoms with Crippen molar-refractivity contribution >= 4 is 21.9 Å². The van der Waals surface area contributed by atoms with E-state index in [0.29, 0.717) is 0 Å². The summed E-state index contributed by atoms with van der Waals surface area (Å²) >= 11 is 0. The van der Waals surface area contributed by atoms with Crippen LogP contribution in [0.1, 0.15) is 54.0 Å². The van der Waals surface area contributed by atoms with Crippen LogP contribution in [0.25, 0.3) is 88.7 Å². The minimum Gasteiger partial charge on any atom is -0.456 e. The van der Waals surface area contributed by atoms with E-state index >= 15 is 0 Å². The number of fused-ring (bicyclic) bond motifs is 6. The maximum atomic E-state index is 6.09. The molecule has 0 saturated heterocycles. The van der Waals surface area contributed by atoms with Gasteiger partial charge in [0.2, 0.25) is 0 Å². The Morgan fingerprint density at radius 2 is 0.806 bits per heavy atom. The third-order valence-corrected chi connectivity index (χ3v) is 14.4. The molecule has 1 aliphatic carbocycles. The Labute approximate surface area is 393 Å². The van der Waals surface area contributed by atoms with E-state index in [9.17, 15) is 0 Å².